The first-order chi connectivity index (χ1) is 6.62. The molecule has 0 fully saturated rings. The van der Waals surface area contributed by atoms with Gasteiger partial charge in [-0.05, 0) is 11.4 Å². The minimum absolute atomic E-state index is 0.346. The Hall–Kier alpha value is -0.430. The number of likely N-dealkylation sites (N-methyl/N-ethyl adjacent to an activating group) is 1. The van der Waals surface area contributed by atoms with Gasteiger partial charge in [-0.1, -0.05) is 13.0 Å². The van der Waals surface area contributed by atoms with E-state index in [1.165, 1.54) is 15.6 Å². The van der Waals surface area contributed by atoms with Crippen LogP contribution in [0.4, 0.5) is 0 Å². The topological polar surface area (TPSA) is 63.4 Å². The van der Waals surface area contributed by atoms with Crippen molar-refractivity contribution in [3.8, 4) is 0 Å². The van der Waals surface area contributed by atoms with Crippen LogP contribution in [-0.4, -0.2) is 32.4 Å². The van der Waals surface area contributed by atoms with Crippen LogP contribution in [0.1, 0.15) is 6.92 Å². The van der Waals surface area contributed by atoms with Gasteiger partial charge in [0, 0.05) is 19.6 Å². The number of nitrogens with zero attached hydrogens (tertiary/aromatic N) is 1. The van der Waals surface area contributed by atoms with Crippen molar-refractivity contribution >= 4 is 21.4 Å². The Bertz CT molecular complexity index is 359. The maximum Gasteiger partial charge on any atom is 0.252 e. The van der Waals surface area contributed by atoms with E-state index in [4.69, 9.17) is 5.73 Å². The molecule has 0 aliphatic rings. The summed E-state index contributed by atoms with van der Waals surface area (Å²) in [4.78, 5) is 0. The van der Waals surface area contributed by atoms with Gasteiger partial charge in [-0.2, -0.15) is 4.31 Å². The highest BCUT2D eigenvalue weighted by Gasteiger charge is 2.22. The van der Waals surface area contributed by atoms with Gasteiger partial charge in [0.25, 0.3) is 10.0 Å². The first kappa shape index (κ1) is 11.6. The van der Waals surface area contributed by atoms with Crippen LogP contribution in [0.3, 0.4) is 0 Å². The normalized spacial score (nSPS) is 12.2. The highest BCUT2D eigenvalue weighted by molar-refractivity contribution is 7.91. The van der Waals surface area contributed by atoms with Crippen LogP contribution in [0.2, 0.25) is 0 Å². The Balaban J connectivity index is 2.94. The van der Waals surface area contributed by atoms with E-state index in [-0.39, 0.29) is 0 Å². The maximum atomic E-state index is 11.9. The van der Waals surface area contributed by atoms with Crippen molar-refractivity contribution in [3.63, 3.8) is 0 Å². The Kier molecular flexibility index (Phi) is 4.06. The number of hydrogen-bond acceptors (Lipinski definition) is 4. The SMILES string of the molecule is CCN(CCN)S(=O)(=O)c1cccs1. The number of rotatable bonds is 5. The lowest BCUT2D eigenvalue weighted by Gasteiger charge is -2.18. The minimum atomic E-state index is -3.30. The molecule has 0 spiro atoms. The van der Waals surface area contributed by atoms with E-state index in [9.17, 15) is 8.42 Å². The molecule has 0 unspecified atom stereocenters. The Morgan fingerprint density at radius 3 is 2.71 bits per heavy atom. The van der Waals surface area contributed by atoms with Crippen LogP contribution >= 0.6 is 11.3 Å². The minimum Gasteiger partial charge on any atom is -0.329 e. The lowest BCUT2D eigenvalue weighted by atomic mass is 10.6. The van der Waals surface area contributed by atoms with Crippen LogP contribution in [0.15, 0.2) is 21.7 Å². The molecular formula is C8H14N2O2S2. The van der Waals surface area contributed by atoms with Crippen LogP contribution in [-0.2, 0) is 10.0 Å². The van der Waals surface area contributed by atoms with Crippen molar-refractivity contribution in [2.75, 3.05) is 19.6 Å². The highest BCUT2D eigenvalue weighted by Crippen LogP contribution is 2.20. The summed E-state index contributed by atoms with van der Waals surface area (Å²) in [5, 5.41) is 1.75. The van der Waals surface area contributed by atoms with Gasteiger partial charge in [0.2, 0.25) is 0 Å². The fourth-order valence-corrected chi connectivity index (χ4v) is 3.74. The molecule has 14 heavy (non-hydrogen) atoms. The molecule has 1 aromatic rings. The summed E-state index contributed by atoms with van der Waals surface area (Å²) in [5.74, 6) is 0. The molecule has 0 bridgehead atoms. The molecule has 0 aliphatic carbocycles. The van der Waals surface area contributed by atoms with Gasteiger partial charge in [-0.25, -0.2) is 8.42 Å². The van der Waals surface area contributed by atoms with Crippen molar-refractivity contribution in [3.05, 3.63) is 17.5 Å². The van der Waals surface area contributed by atoms with E-state index in [0.29, 0.717) is 23.8 Å². The van der Waals surface area contributed by atoms with E-state index < -0.39 is 10.0 Å². The molecule has 0 saturated carbocycles. The molecular weight excluding hydrogens is 220 g/mol. The van der Waals surface area contributed by atoms with E-state index in [2.05, 4.69) is 0 Å². The Labute approximate surface area is 88.4 Å². The van der Waals surface area contributed by atoms with Crippen molar-refractivity contribution in [1.29, 1.82) is 0 Å². The van der Waals surface area contributed by atoms with Gasteiger partial charge in [0.15, 0.2) is 0 Å². The maximum absolute atomic E-state index is 11.9. The summed E-state index contributed by atoms with van der Waals surface area (Å²) in [6.45, 7) is 2.98. The molecule has 0 saturated heterocycles. The second-order valence-electron chi connectivity index (χ2n) is 2.72. The fraction of sp³-hybridized carbons (Fsp3) is 0.500. The van der Waals surface area contributed by atoms with Crippen molar-refractivity contribution < 1.29 is 8.42 Å². The van der Waals surface area contributed by atoms with Crippen LogP contribution < -0.4 is 5.73 Å². The lowest BCUT2D eigenvalue weighted by molar-refractivity contribution is 0.437. The van der Waals surface area contributed by atoms with Crippen molar-refractivity contribution in [1.82, 2.24) is 4.31 Å². The van der Waals surface area contributed by atoms with E-state index in [1.807, 2.05) is 0 Å². The molecule has 0 aromatic carbocycles. The van der Waals surface area contributed by atoms with Gasteiger partial charge in [0.05, 0.1) is 0 Å². The molecule has 0 aliphatic heterocycles. The predicted molar refractivity (Wildman–Crippen MR) is 57.8 cm³/mol. The van der Waals surface area contributed by atoms with Gasteiger partial charge in [-0.3, -0.25) is 0 Å². The van der Waals surface area contributed by atoms with E-state index in [1.54, 1.807) is 24.4 Å². The summed E-state index contributed by atoms with van der Waals surface area (Å²) < 4.78 is 25.6. The average Bonchev–Trinajstić information content (AvgIpc) is 2.66. The first-order valence-electron chi connectivity index (χ1n) is 4.36. The van der Waals surface area contributed by atoms with Gasteiger partial charge in [-0.15, -0.1) is 11.3 Å². The molecule has 2 N–H and O–H groups in total. The fourth-order valence-electron chi connectivity index (χ4n) is 1.13. The molecule has 4 nitrogen and oxygen atoms in total. The molecule has 1 heterocycles. The molecule has 0 amide bonds. The predicted octanol–water partition coefficient (Wildman–Crippen LogP) is 0.717. The largest absolute Gasteiger partial charge is 0.329 e. The number of nitrogens with two attached hydrogens (primary N) is 1. The Morgan fingerprint density at radius 1 is 1.57 bits per heavy atom. The monoisotopic (exact) mass is 234 g/mol. The summed E-state index contributed by atoms with van der Waals surface area (Å²) in [6.07, 6.45) is 0. The average molecular weight is 234 g/mol. The number of thiophene rings is 1. The summed E-state index contributed by atoms with van der Waals surface area (Å²) in [7, 11) is -3.30. The van der Waals surface area contributed by atoms with Crippen molar-refractivity contribution in [2.24, 2.45) is 5.73 Å². The second-order valence-corrected chi connectivity index (χ2v) is 5.83. The van der Waals surface area contributed by atoms with Gasteiger partial charge in [0.1, 0.15) is 4.21 Å². The van der Waals surface area contributed by atoms with Crippen molar-refractivity contribution in [2.45, 2.75) is 11.1 Å². The third-order valence-corrected chi connectivity index (χ3v) is 5.17. The standard InChI is InChI=1S/C8H14N2O2S2/c1-2-10(6-5-9)14(11,12)8-4-3-7-13-8/h3-4,7H,2,5-6,9H2,1H3. The zero-order valence-corrected chi connectivity index (χ0v) is 9.64. The molecule has 0 radical (unpaired) electrons. The summed E-state index contributed by atoms with van der Waals surface area (Å²) >= 11 is 1.23. The quantitative estimate of drug-likeness (QED) is 0.816. The first-order valence-corrected chi connectivity index (χ1v) is 6.68. The van der Waals surface area contributed by atoms with Crippen LogP contribution in [0.25, 0.3) is 0 Å². The Morgan fingerprint density at radius 2 is 2.29 bits per heavy atom. The lowest BCUT2D eigenvalue weighted by Crippen LogP contribution is -2.34. The molecule has 80 valence electrons. The van der Waals surface area contributed by atoms with E-state index in [0.717, 1.165) is 0 Å². The second kappa shape index (κ2) is 4.88. The highest BCUT2D eigenvalue weighted by atomic mass is 32.2. The summed E-state index contributed by atoms with van der Waals surface area (Å²) in [6, 6.07) is 3.34. The van der Waals surface area contributed by atoms with Gasteiger partial charge < -0.3 is 5.73 Å². The number of hydrogen-bond donors (Lipinski definition) is 1. The molecule has 1 aromatic heterocycles. The third kappa shape index (κ3) is 2.33. The van der Waals surface area contributed by atoms with Crippen LogP contribution in [0, 0.1) is 0 Å². The zero-order chi connectivity index (χ0) is 10.6. The van der Waals surface area contributed by atoms with E-state index >= 15 is 0 Å². The number of sulfonamides is 1. The molecule has 6 heteroatoms. The van der Waals surface area contributed by atoms with Gasteiger partial charge >= 0.3 is 0 Å². The summed E-state index contributed by atoms with van der Waals surface area (Å²) in [5.41, 5.74) is 5.35. The third-order valence-electron chi connectivity index (χ3n) is 1.82. The van der Waals surface area contributed by atoms with Crippen LogP contribution in [0.5, 0.6) is 0 Å². The molecule has 1 rings (SSSR count). The smallest absolute Gasteiger partial charge is 0.252 e. The molecule has 0 atom stereocenters. The zero-order valence-electron chi connectivity index (χ0n) is 8.01.